The van der Waals surface area contributed by atoms with Crippen molar-refractivity contribution in [3.8, 4) is 11.1 Å². The van der Waals surface area contributed by atoms with Crippen LogP contribution in [0.5, 0.6) is 0 Å². The number of hydrogen-bond donors (Lipinski definition) is 1. The number of ether oxygens (including phenoxy) is 1. The average Bonchev–Trinajstić information content (AvgIpc) is 2.73. The van der Waals surface area contributed by atoms with Crippen molar-refractivity contribution in [2.45, 2.75) is 25.9 Å². The summed E-state index contributed by atoms with van der Waals surface area (Å²) < 4.78 is 4.70. The number of nitrogens with one attached hydrogen (secondary N) is 1. The fourth-order valence-electron chi connectivity index (χ4n) is 3.04. The Morgan fingerprint density at radius 1 is 0.778 bits per heavy atom. The van der Waals surface area contributed by atoms with E-state index in [4.69, 9.17) is 4.74 Å². The number of methoxy groups -OCH3 is 1. The normalized spacial score (nSPS) is 10.6. The standard InChI is InChI=1S/C24H25NO2/c1-27-24(26)15-12-19-6-5-7-21(16-19)18-25-17-20-10-13-23(14-11-20)22-8-3-2-4-9-22/h2-11,13-14,16,25H,12,15,17-18H2,1H3. The molecule has 3 aromatic carbocycles. The van der Waals surface area contributed by atoms with Gasteiger partial charge in [0.15, 0.2) is 0 Å². The van der Waals surface area contributed by atoms with Gasteiger partial charge in [0, 0.05) is 19.5 Å². The molecule has 0 aliphatic heterocycles. The van der Waals surface area contributed by atoms with Gasteiger partial charge < -0.3 is 10.1 Å². The molecule has 3 aromatic rings. The molecule has 0 fully saturated rings. The van der Waals surface area contributed by atoms with Gasteiger partial charge in [-0.3, -0.25) is 4.79 Å². The zero-order valence-corrected chi connectivity index (χ0v) is 15.7. The molecule has 0 heterocycles. The molecule has 3 nitrogen and oxygen atoms in total. The number of hydrogen-bond acceptors (Lipinski definition) is 3. The molecule has 0 atom stereocenters. The predicted molar refractivity (Wildman–Crippen MR) is 109 cm³/mol. The number of carbonyl (C=O) groups is 1. The molecule has 0 unspecified atom stereocenters. The van der Waals surface area contributed by atoms with E-state index in [0.717, 1.165) is 18.7 Å². The first-order valence-corrected chi connectivity index (χ1v) is 9.24. The van der Waals surface area contributed by atoms with Gasteiger partial charge in [0.05, 0.1) is 7.11 Å². The summed E-state index contributed by atoms with van der Waals surface area (Å²) in [4.78, 5) is 11.3. The maximum atomic E-state index is 11.3. The quantitative estimate of drug-likeness (QED) is 0.590. The van der Waals surface area contributed by atoms with Crippen LogP contribution in [0.15, 0.2) is 78.9 Å². The molecule has 27 heavy (non-hydrogen) atoms. The van der Waals surface area contributed by atoms with E-state index in [1.807, 2.05) is 12.1 Å². The molecule has 0 bridgehead atoms. The first-order valence-electron chi connectivity index (χ1n) is 9.24. The average molecular weight is 359 g/mol. The number of benzene rings is 3. The zero-order chi connectivity index (χ0) is 18.9. The van der Waals surface area contributed by atoms with Gasteiger partial charge in [-0.1, -0.05) is 78.9 Å². The smallest absolute Gasteiger partial charge is 0.305 e. The van der Waals surface area contributed by atoms with Crippen LogP contribution in [0.25, 0.3) is 11.1 Å². The zero-order valence-electron chi connectivity index (χ0n) is 15.7. The third-order valence-corrected chi connectivity index (χ3v) is 4.56. The fraction of sp³-hybridized carbons (Fsp3) is 0.208. The maximum absolute atomic E-state index is 11.3. The van der Waals surface area contributed by atoms with Crippen LogP contribution in [0.3, 0.4) is 0 Å². The lowest BCUT2D eigenvalue weighted by atomic mass is 10.0. The summed E-state index contributed by atoms with van der Waals surface area (Å²) in [5.74, 6) is -0.169. The second-order valence-corrected chi connectivity index (χ2v) is 6.56. The molecule has 0 aliphatic carbocycles. The minimum absolute atomic E-state index is 0.169. The van der Waals surface area contributed by atoms with Gasteiger partial charge in [-0.25, -0.2) is 0 Å². The Kier molecular flexibility index (Phi) is 6.78. The van der Waals surface area contributed by atoms with E-state index < -0.39 is 0 Å². The van der Waals surface area contributed by atoms with Crippen molar-refractivity contribution < 1.29 is 9.53 Å². The minimum atomic E-state index is -0.169. The molecule has 138 valence electrons. The molecule has 3 rings (SSSR count). The van der Waals surface area contributed by atoms with Gasteiger partial charge in [-0.15, -0.1) is 0 Å². The Bertz CT molecular complexity index is 857. The highest BCUT2D eigenvalue weighted by atomic mass is 16.5. The highest BCUT2D eigenvalue weighted by Crippen LogP contribution is 2.19. The third kappa shape index (κ3) is 5.80. The molecule has 1 N–H and O–H groups in total. The topological polar surface area (TPSA) is 38.3 Å². The van der Waals surface area contributed by atoms with Crippen molar-refractivity contribution in [1.82, 2.24) is 5.32 Å². The van der Waals surface area contributed by atoms with Crippen molar-refractivity contribution in [2.24, 2.45) is 0 Å². The summed E-state index contributed by atoms with van der Waals surface area (Å²) in [5.41, 5.74) is 6.11. The lowest BCUT2D eigenvalue weighted by Crippen LogP contribution is -2.12. The molecular weight excluding hydrogens is 334 g/mol. The Labute approximate surface area is 161 Å². The molecule has 0 spiro atoms. The molecular formula is C24H25NO2. The molecule has 0 aliphatic rings. The van der Waals surface area contributed by atoms with Gasteiger partial charge in [-0.2, -0.15) is 0 Å². The molecule has 3 heteroatoms. The molecule has 0 aromatic heterocycles. The Hall–Kier alpha value is -2.91. The van der Waals surface area contributed by atoms with Gasteiger partial charge in [0.25, 0.3) is 0 Å². The molecule has 0 saturated carbocycles. The fourth-order valence-corrected chi connectivity index (χ4v) is 3.04. The number of carbonyl (C=O) groups excluding carboxylic acids is 1. The van der Waals surface area contributed by atoms with Crippen LogP contribution in [0, 0.1) is 0 Å². The van der Waals surface area contributed by atoms with Crippen LogP contribution < -0.4 is 5.32 Å². The van der Waals surface area contributed by atoms with Gasteiger partial charge in [0.1, 0.15) is 0 Å². The monoisotopic (exact) mass is 359 g/mol. The van der Waals surface area contributed by atoms with Crippen molar-refractivity contribution in [1.29, 1.82) is 0 Å². The summed E-state index contributed by atoms with van der Waals surface area (Å²) in [7, 11) is 1.43. The molecule has 0 amide bonds. The Balaban J connectivity index is 1.50. The summed E-state index contributed by atoms with van der Waals surface area (Å²) in [6.45, 7) is 1.62. The van der Waals surface area contributed by atoms with Crippen LogP contribution in [0.1, 0.15) is 23.1 Å². The Morgan fingerprint density at radius 3 is 2.19 bits per heavy atom. The minimum Gasteiger partial charge on any atom is -0.469 e. The van der Waals surface area contributed by atoms with Crippen molar-refractivity contribution >= 4 is 5.97 Å². The Morgan fingerprint density at radius 2 is 1.44 bits per heavy atom. The van der Waals surface area contributed by atoms with Gasteiger partial charge in [0.2, 0.25) is 0 Å². The van der Waals surface area contributed by atoms with Crippen LogP contribution in [0.4, 0.5) is 0 Å². The number of rotatable bonds is 8. The largest absolute Gasteiger partial charge is 0.469 e. The van der Waals surface area contributed by atoms with Crippen LogP contribution in [-0.4, -0.2) is 13.1 Å². The van der Waals surface area contributed by atoms with E-state index in [9.17, 15) is 4.79 Å². The summed E-state index contributed by atoms with van der Waals surface area (Å²) in [5, 5.41) is 3.49. The maximum Gasteiger partial charge on any atom is 0.305 e. The van der Waals surface area contributed by atoms with Gasteiger partial charge in [-0.05, 0) is 34.2 Å². The second kappa shape index (κ2) is 9.70. The van der Waals surface area contributed by atoms with Crippen LogP contribution >= 0.6 is 0 Å². The predicted octanol–water partition coefficient (Wildman–Crippen LogP) is 4.75. The summed E-state index contributed by atoms with van der Waals surface area (Å²) in [6.07, 6.45) is 1.13. The highest BCUT2D eigenvalue weighted by molar-refractivity contribution is 5.69. The highest BCUT2D eigenvalue weighted by Gasteiger charge is 2.03. The second-order valence-electron chi connectivity index (χ2n) is 6.56. The summed E-state index contributed by atoms with van der Waals surface area (Å²) in [6, 6.07) is 27.4. The number of aryl methyl sites for hydroxylation is 1. The van der Waals surface area contributed by atoms with E-state index in [0.29, 0.717) is 12.8 Å². The van der Waals surface area contributed by atoms with Crippen LogP contribution in [-0.2, 0) is 29.0 Å². The van der Waals surface area contributed by atoms with Crippen molar-refractivity contribution in [2.75, 3.05) is 7.11 Å². The lowest BCUT2D eigenvalue weighted by Gasteiger charge is -2.08. The van der Waals surface area contributed by atoms with Gasteiger partial charge >= 0.3 is 5.97 Å². The van der Waals surface area contributed by atoms with E-state index in [1.165, 1.54) is 29.4 Å². The van der Waals surface area contributed by atoms with E-state index in [-0.39, 0.29) is 5.97 Å². The van der Waals surface area contributed by atoms with Crippen LogP contribution in [0.2, 0.25) is 0 Å². The third-order valence-electron chi connectivity index (χ3n) is 4.56. The first-order chi connectivity index (χ1) is 13.2. The van der Waals surface area contributed by atoms with Crippen molar-refractivity contribution in [3.05, 3.63) is 95.6 Å². The van der Waals surface area contributed by atoms with Crippen molar-refractivity contribution in [3.63, 3.8) is 0 Å². The molecule has 0 radical (unpaired) electrons. The number of esters is 1. The van der Waals surface area contributed by atoms with E-state index >= 15 is 0 Å². The SMILES string of the molecule is COC(=O)CCc1cccc(CNCc2ccc(-c3ccccc3)cc2)c1. The van der Waals surface area contributed by atoms with E-state index in [1.54, 1.807) is 0 Å². The summed E-state index contributed by atoms with van der Waals surface area (Å²) >= 11 is 0. The lowest BCUT2D eigenvalue weighted by molar-refractivity contribution is -0.140. The molecule has 0 saturated heterocycles. The van der Waals surface area contributed by atoms with E-state index in [2.05, 4.69) is 72.0 Å². The first kappa shape index (κ1) is 18.9.